The topological polar surface area (TPSA) is 38.3 Å². The number of carbonyl (C=O) groups excluding carboxylic acids is 1. The van der Waals surface area contributed by atoms with Gasteiger partial charge in [0.15, 0.2) is 0 Å². The minimum Gasteiger partial charge on any atom is -0.444 e. The van der Waals surface area contributed by atoms with Gasteiger partial charge in [0.25, 0.3) is 0 Å². The first-order valence-electron chi connectivity index (χ1n) is 7.07. The third kappa shape index (κ3) is 10.8. The molecule has 0 saturated heterocycles. The molecular formula is C15H31NO2Si. The van der Waals surface area contributed by atoms with Crippen molar-refractivity contribution in [3.63, 3.8) is 0 Å². The van der Waals surface area contributed by atoms with Crippen LogP contribution in [0.1, 0.15) is 34.6 Å². The standard InChI is InChI=1S/C15H31NO2Si/c1-12(2)13(10-9-11-19(6,7)8)16-14(17)18-15(3,4)5/h9-10,12-13H,11H2,1-8H3,(H,16,17)/b10-9+/t13-/m1/s1. The lowest BCUT2D eigenvalue weighted by Crippen LogP contribution is -2.40. The molecule has 1 atom stereocenters. The number of alkyl carbamates (subject to hydrolysis) is 1. The molecule has 0 heterocycles. The fourth-order valence-electron chi connectivity index (χ4n) is 1.45. The maximum Gasteiger partial charge on any atom is 0.408 e. The molecule has 4 heteroatoms. The van der Waals surface area contributed by atoms with E-state index in [4.69, 9.17) is 4.74 Å². The van der Waals surface area contributed by atoms with Crippen molar-refractivity contribution < 1.29 is 9.53 Å². The van der Waals surface area contributed by atoms with Crippen LogP contribution >= 0.6 is 0 Å². The SMILES string of the molecule is CC(C)[C@@H](/C=C/C[Si](C)(C)C)NC(=O)OC(C)(C)C. The molecule has 19 heavy (non-hydrogen) atoms. The number of nitrogens with one attached hydrogen (secondary N) is 1. The summed E-state index contributed by atoms with van der Waals surface area (Å²) in [4.78, 5) is 11.8. The van der Waals surface area contributed by atoms with Crippen LogP contribution in [-0.2, 0) is 4.74 Å². The van der Waals surface area contributed by atoms with Gasteiger partial charge in [-0.1, -0.05) is 45.6 Å². The van der Waals surface area contributed by atoms with Crippen molar-refractivity contribution in [2.75, 3.05) is 0 Å². The number of carbonyl (C=O) groups is 1. The number of amides is 1. The van der Waals surface area contributed by atoms with Gasteiger partial charge >= 0.3 is 6.09 Å². The Morgan fingerprint density at radius 1 is 1.26 bits per heavy atom. The molecular weight excluding hydrogens is 254 g/mol. The quantitative estimate of drug-likeness (QED) is 0.599. The van der Waals surface area contributed by atoms with E-state index in [0.29, 0.717) is 5.92 Å². The van der Waals surface area contributed by atoms with Gasteiger partial charge in [-0.2, -0.15) is 0 Å². The molecule has 0 rings (SSSR count). The molecule has 0 aliphatic carbocycles. The first-order chi connectivity index (χ1) is 8.41. The molecule has 0 aromatic heterocycles. The predicted octanol–water partition coefficient (Wildman–Crippen LogP) is 4.43. The fraction of sp³-hybridized carbons (Fsp3) is 0.800. The molecule has 1 N–H and O–H groups in total. The molecule has 0 radical (unpaired) electrons. The van der Waals surface area contributed by atoms with Crippen LogP contribution in [0.25, 0.3) is 0 Å². The molecule has 0 aromatic carbocycles. The highest BCUT2D eigenvalue weighted by Crippen LogP contribution is 2.12. The number of ether oxygens (including phenoxy) is 1. The number of allylic oxidation sites excluding steroid dienone is 1. The van der Waals surface area contributed by atoms with Crippen LogP contribution in [0.15, 0.2) is 12.2 Å². The molecule has 0 saturated carbocycles. The van der Waals surface area contributed by atoms with Gasteiger partial charge in [-0.05, 0) is 32.7 Å². The van der Waals surface area contributed by atoms with Gasteiger partial charge in [-0.3, -0.25) is 0 Å². The second-order valence-electron chi connectivity index (χ2n) is 7.61. The number of hydrogen-bond donors (Lipinski definition) is 1. The maximum atomic E-state index is 11.8. The summed E-state index contributed by atoms with van der Waals surface area (Å²) in [6.45, 7) is 16.8. The largest absolute Gasteiger partial charge is 0.444 e. The first kappa shape index (κ1) is 18.2. The molecule has 0 aliphatic rings. The zero-order valence-corrected chi connectivity index (χ0v) is 14.8. The second-order valence-corrected chi connectivity index (χ2v) is 13.1. The van der Waals surface area contributed by atoms with Crippen LogP contribution in [0.5, 0.6) is 0 Å². The van der Waals surface area contributed by atoms with Crippen LogP contribution in [0.2, 0.25) is 25.7 Å². The van der Waals surface area contributed by atoms with Crippen LogP contribution in [-0.4, -0.2) is 25.8 Å². The Hall–Kier alpha value is -0.773. The molecule has 3 nitrogen and oxygen atoms in total. The number of hydrogen-bond acceptors (Lipinski definition) is 2. The maximum absolute atomic E-state index is 11.8. The van der Waals surface area contributed by atoms with E-state index in [1.165, 1.54) is 0 Å². The van der Waals surface area contributed by atoms with E-state index < -0.39 is 13.7 Å². The Bertz CT molecular complexity index is 311. The zero-order valence-electron chi connectivity index (χ0n) is 13.8. The van der Waals surface area contributed by atoms with E-state index in [0.717, 1.165) is 6.04 Å². The summed E-state index contributed by atoms with van der Waals surface area (Å²) in [5, 5.41) is 2.93. The van der Waals surface area contributed by atoms with Crippen molar-refractivity contribution in [2.24, 2.45) is 5.92 Å². The highest BCUT2D eigenvalue weighted by Gasteiger charge is 2.20. The molecule has 0 unspecified atom stereocenters. The van der Waals surface area contributed by atoms with Crippen molar-refractivity contribution in [3.05, 3.63) is 12.2 Å². The van der Waals surface area contributed by atoms with Crippen molar-refractivity contribution in [2.45, 2.75) is 71.9 Å². The third-order valence-corrected chi connectivity index (χ3v) is 3.94. The van der Waals surface area contributed by atoms with E-state index in [1.807, 2.05) is 20.8 Å². The summed E-state index contributed by atoms with van der Waals surface area (Å²) in [6, 6.07) is 1.16. The van der Waals surface area contributed by atoms with Crippen molar-refractivity contribution in [3.8, 4) is 0 Å². The van der Waals surface area contributed by atoms with Gasteiger partial charge in [-0.15, -0.1) is 0 Å². The lowest BCUT2D eigenvalue weighted by molar-refractivity contribution is 0.0504. The Balaban J connectivity index is 4.47. The van der Waals surface area contributed by atoms with Crippen molar-refractivity contribution in [1.29, 1.82) is 0 Å². The van der Waals surface area contributed by atoms with Crippen LogP contribution in [0.4, 0.5) is 4.79 Å². The average Bonchev–Trinajstić information content (AvgIpc) is 2.10. The summed E-state index contributed by atoms with van der Waals surface area (Å²) in [7, 11) is -1.07. The monoisotopic (exact) mass is 285 g/mol. The van der Waals surface area contributed by atoms with Gasteiger partial charge in [-0.25, -0.2) is 4.79 Å². The summed E-state index contributed by atoms with van der Waals surface area (Å²) in [5.41, 5.74) is -0.451. The Morgan fingerprint density at radius 2 is 1.79 bits per heavy atom. The molecule has 0 aromatic rings. The normalized spacial score (nSPS) is 14.8. The molecule has 0 aliphatic heterocycles. The lowest BCUT2D eigenvalue weighted by Gasteiger charge is -2.24. The third-order valence-electron chi connectivity index (χ3n) is 2.48. The van der Waals surface area contributed by atoms with Crippen LogP contribution in [0, 0.1) is 5.92 Å². The van der Waals surface area contributed by atoms with Crippen molar-refractivity contribution >= 4 is 14.2 Å². The minimum atomic E-state index is -1.07. The molecule has 112 valence electrons. The van der Waals surface area contributed by atoms with Gasteiger partial charge in [0.1, 0.15) is 5.60 Å². The summed E-state index contributed by atoms with van der Waals surface area (Å²) in [5.74, 6) is 0.352. The Labute approximate surface area is 119 Å². The number of rotatable bonds is 5. The van der Waals surface area contributed by atoms with E-state index in [2.05, 4.69) is 51.0 Å². The Morgan fingerprint density at radius 3 is 2.16 bits per heavy atom. The Kier molecular flexibility index (Phi) is 6.84. The van der Waals surface area contributed by atoms with Crippen LogP contribution in [0.3, 0.4) is 0 Å². The van der Waals surface area contributed by atoms with E-state index in [1.54, 1.807) is 0 Å². The first-order valence-corrected chi connectivity index (χ1v) is 10.8. The smallest absolute Gasteiger partial charge is 0.408 e. The zero-order chi connectivity index (χ0) is 15.3. The van der Waals surface area contributed by atoms with E-state index in [-0.39, 0.29) is 12.1 Å². The highest BCUT2D eigenvalue weighted by molar-refractivity contribution is 6.76. The van der Waals surface area contributed by atoms with Gasteiger partial charge in [0.2, 0.25) is 0 Å². The lowest BCUT2D eigenvalue weighted by atomic mass is 10.0. The minimum absolute atomic E-state index is 0.0335. The fourth-order valence-corrected chi connectivity index (χ4v) is 2.29. The van der Waals surface area contributed by atoms with Crippen LogP contribution < -0.4 is 5.32 Å². The highest BCUT2D eigenvalue weighted by atomic mass is 28.3. The molecule has 0 spiro atoms. The summed E-state index contributed by atoms with van der Waals surface area (Å²) < 4.78 is 5.29. The van der Waals surface area contributed by atoms with Crippen molar-refractivity contribution in [1.82, 2.24) is 5.32 Å². The second kappa shape index (κ2) is 7.13. The molecule has 0 bridgehead atoms. The van der Waals surface area contributed by atoms with Gasteiger partial charge < -0.3 is 10.1 Å². The average molecular weight is 286 g/mol. The van der Waals surface area contributed by atoms with Gasteiger partial charge in [0, 0.05) is 8.07 Å². The van der Waals surface area contributed by atoms with E-state index in [9.17, 15) is 4.79 Å². The summed E-state index contributed by atoms with van der Waals surface area (Å²) >= 11 is 0. The van der Waals surface area contributed by atoms with Gasteiger partial charge in [0.05, 0.1) is 6.04 Å². The summed E-state index contributed by atoms with van der Waals surface area (Å²) in [6.07, 6.45) is 3.96. The van der Waals surface area contributed by atoms with E-state index >= 15 is 0 Å². The molecule has 0 fully saturated rings. The molecule has 1 amide bonds. The predicted molar refractivity (Wildman–Crippen MR) is 85.3 cm³/mol.